The Kier molecular flexibility index (Phi) is 3.19. The van der Waals surface area contributed by atoms with Crippen molar-refractivity contribution >= 4 is 0 Å². The summed E-state index contributed by atoms with van der Waals surface area (Å²) in [6, 6.07) is 0.790. The molecule has 2 saturated heterocycles. The average molecular weight is 184 g/mol. The Bertz CT molecular complexity index is 157. The molecule has 3 heteroatoms. The molecule has 2 fully saturated rings. The molecular formula is C10H20N2O. The monoisotopic (exact) mass is 184 g/mol. The molecule has 2 heterocycles. The van der Waals surface area contributed by atoms with Crippen LogP contribution in [0.4, 0.5) is 0 Å². The van der Waals surface area contributed by atoms with Crippen molar-refractivity contribution in [2.24, 2.45) is 5.92 Å². The van der Waals surface area contributed by atoms with Gasteiger partial charge in [0, 0.05) is 19.2 Å². The molecule has 3 nitrogen and oxygen atoms in total. The van der Waals surface area contributed by atoms with Crippen LogP contribution in [0, 0.1) is 5.92 Å². The molecule has 0 spiro atoms. The molecule has 2 N–H and O–H groups in total. The van der Waals surface area contributed by atoms with E-state index >= 15 is 0 Å². The summed E-state index contributed by atoms with van der Waals surface area (Å²) in [6.07, 6.45) is 3.77. The lowest BCUT2D eigenvalue weighted by Gasteiger charge is -2.31. The lowest BCUT2D eigenvalue weighted by molar-refractivity contribution is 0.174. The van der Waals surface area contributed by atoms with Crippen molar-refractivity contribution in [3.05, 3.63) is 0 Å². The highest BCUT2D eigenvalue weighted by Crippen LogP contribution is 2.21. The van der Waals surface area contributed by atoms with Crippen molar-refractivity contribution in [1.82, 2.24) is 10.2 Å². The van der Waals surface area contributed by atoms with Crippen LogP contribution in [0.15, 0.2) is 0 Å². The Morgan fingerprint density at radius 3 is 2.62 bits per heavy atom. The fourth-order valence-corrected chi connectivity index (χ4v) is 2.52. The third-order valence-electron chi connectivity index (χ3n) is 3.40. The minimum Gasteiger partial charge on any atom is -0.396 e. The lowest BCUT2D eigenvalue weighted by Crippen LogP contribution is -2.42. The SMILES string of the molecule is OCC1CCN(C2CCNCC2)C1. The molecule has 1 atom stereocenters. The van der Waals surface area contributed by atoms with E-state index in [0.717, 1.165) is 12.6 Å². The number of nitrogens with zero attached hydrogens (tertiary/aromatic N) is 1. The molecule has 1 unspecified atom stereocenters. The van der Waals surface area contributed by atoms with Crippen molar-refractivity contribution in [3.8, 4) is 0 Å². The van der Waals surface area contributed by atoms with Crippen LogP contribution in [0.1, 0.15) is 19.3 Å². The highest BCUT2D eigenvalue weighted by molar-refractivity contribution is 4.83. The zero-order valence-electron chi connectivity index (χ0n) is 8.21. The first-order valence-electron chi connectivity index (χ1n) is 5.46. The smallest absolute Gasteiger partial charge is 0.0471 e. The molecule has 0 aromatic carbocycles. The first kappa shape index (κ1) is 9.44. The average Bonchev–Trinajstić information content (AvgIpc) is 2.67. The third kappa shape index (κ3) is 2.22. The summed E-state index contributed by atoms with van der Waals surface area (Å²) in [6.45, 7) is 5.05. The van der Waals surface area contributed by atoms with Crippen LogP contribution in [0.5, 0.6) is 0 Å². The fraction of sp³-hybridized carbons (Fsp3) is 1.00. The minimum atomic E-state index is 0.376. The van der Waals surface area contributed by atoms with Gasteiger partial charge in [-0.2, -0.15) is 0 Å². The van der Waals surface area contributed by atoms with Crippen LogP contribution >= 0.6 is 0 Å². The summed E-state index contributed by atoms with van der Waals surface area (Å²) in [4.78, 5) is 2.57. The van der Waals surface area contributed by atoms with Crippen LogP contribution in [-0.4, -0.2) is 48.8 Å². The van der Waals surface area contributed by atoms with Crippen LogP contribution in [0.25, 0.3) is 0 Å². The first-order chi connectivity index (χ1) is 6.40. The molecule has 0 amide bonds. The molecule has 2 aliphatic heterocycles. The number of hydrogen-bond acceptors (Lipinski definition) is 3. The predicted octanol–water partition coefficient (Wildman–Crippen LogP) is 0.0526. The number of aliphatic hydroxyl groups is 1. The summed E-state index contributed by atoms with van der Waals surface area (Å²) in [5.74, 6) is 0.551. The Hall–Kier alpha value is -0.120. The molecule has 2 aliphatic rings. The number of rotatable bonds is 2. The van der Waals surface area contributed by atoms with E-state index < -0.39 is 0 Å². The molecule has 0 aromatic heterocycles. The van der Waals surface area contributed by atoms with Gasteiger partial charge in [-0.05, 0) is 44.8 Å². The normalized spacial score (nSPS) is 32.5. The van der Waals surface area contributed by atoms with Crippen molar-refractivity contribution in [2.75, 3.05) is 32.8 Å². The Labute approximate surface area is 80.1 Å². The topological polar surface area (TPSA) is 35.5 Å². The number of nitrogens with one attached hydrogen (secondary N) is 1. The number of hydrogen-bond donors (Lipinski definition) is 2. The van der Waals surface area contributed by atoms with Gasteiger partial charge >= 0.3 is 0 Å². The van der Waals surface area contributed by atoms with Gasteiger partial charge < -0.3 is 10.4 Å². The quantitative estimate of drug-likeness (QED) is 0.636. The largest absolute Gasteiger partial charge is 0.396 e. The maximum atomic E-state index is 9.04. The molecule has 13 heavy (non-hydrogen) atoms. The standard InChI is InChI=1S/C10H20N2O/c13-8-9-3-6-12(7-9)10-1-4-11-5-2-10/h9-11,13H,1-8H2. The number of likely N-dealkylation sites (tertiary alicyclic amines) is 1. The van der Waals surface area contributed by atoms with Crippen LogP contribution in [0.3, 0.4) is 0 Å². The van der Waals surface area contributed by atoms with E-state index in [1.165, 1.54) is 38.9 Å². The molecular weight excluding hydrogens is 164 g/mol. The predicted molar refractivity (Wildman–Crippen MR) is 52.7 cm³/mol. The zero-order chi connectivity index (χ0) is 9.10. The highest BCUT2D eigenvalue weighted by atomic mass is 16.3. The fourth-order valence-electron chi connectivity index (χ4n) is 2.52. The van der Waals surface area contributed by atoms with Gasteiger partial charge in [0.15, 0.2) is 0 Å². The minimum absolute atomic E-state index is 0.376. The van der Waals surface area contributed by atoms with E-state index in [0.29, 0.717) is 12.5 Å². The molecule has 2 rings (SSSR count). The van der Waals surface area contributed by atoms with Gasteiger partial charge in [0.25, 0.3) is 0 Å². The van der Waals surface area contributed by atoms with Crippen molar-refractivity contribution in [2.45, 2.75) is 25.3 Å². The maximum absolute atomic E-state index is 9.04. The zero-order valence-corrected chi connectivity index (χ0v) is 8.21. The number of piperidine rings is 1. The van der Waals surface area contributed by atoms with E-state index in [1.807, 2.05) is 0 Å². The van der Waals surface area contributed by atoms with E-state index in [1.54, 1.807) is 0 Å². The summed E-state index contributed by atoms with van der Waals surface area (Å²) in [7, 11) is 0. The second-order valence-corrected chi connectivity index (χ2v) is 4.31. The maximum Gasteiger partial charge on any atom is 0.0471 e. The molecule has 0 aromatic rings. The van der Waals surface area contributed by atoms with Crippen molar-refractivity contribution in [1.29, 1.82) is 0 Å². The first-order valence-corrected chi connectivity index (χ1v) is 5.46. The number of aliphatic hydroxyl groups excluding tert-OH is 1. The lowest BCUT2D eigenvalue weighted by atomic mass is 10.1. The van der Waals surface area contributed by atoms with Crippen molar-refractivity contribution in [3.63, 3.8) is 0 Å². The van der Waals surface area contributed by atoms with Gasteiger partial charge in [-0.1, -0.05) is 0 Å². The van der Waals surface area contributed by atoms with E-state index in [2.05, 4.69) is 10.2 Å². The van der Waals surface area contributed by atoms with Gasteiger partial charge in [-0.25, -0.2) is 0 Å². The summed E-state index contributed by atoms with van der Waals surface area (Å²) < 4.78 is 0. The summed E-state index contributed by atoms with van der Waals surface area (Å²) >= 11 is 0. The highest BCUT2D eigenvalue weighted by Gasteiger charge is 2.28. The van der Waals surface area contributed by atoms with E-state index in [4.69, 9.17) is 5.11 Å². The molecule has 0 radical (unpaired) electrons. The second-order valence-electron chi connectivity index (χ2n) is 4.31. The van der Waals surface area contributed by atoms with Gasteiger partial charge in [0.1, 0.15) is 0 Å². The summed E-state index contributed by atoms with van der Waals surface area (Å²) in [5, 5.41) is 12.4. The third-order valence-corrected chi connectivity index (χ3v) is 3.40. The van der Waals surface area contributed by atoms with Crippen LogP contribution < -0.4 is 5.32 Å². The van der Waals surface area contributed by atoms with Gasteiger partial charge in [0.05, 0.1) is 0 Å². The second kappa shape index (κ2) is 4.40. The van der Waals surface area contributed by atoms with Crippen molar-refractivity contribution < 1.29 is 5.11 Å². The van der Waals surface area contributed by atoms with Crippen LogP contribution in [0.2, 0.25) is 0 Å². The van der Waals surface area contributed by atoms with Gasteiger partial charge in [-0.15, -0.1) is 0 Å². The Morgan fingerprint density at radius 2 is 2.00 bits per heavy atom. The molecule has 0 saturated carbocycles. The Morgan fingerprint density at radius 1 is 1.23 bits per heavy atom. The van der Waals surface area contributed by atoms with Crippen LogP contribution in [-0.2, 0) is 0 Å². The molecule has 0 aliphatic carbocycles. The van der Waals surface area contributed by atoms with E-state index in [9.17, 15) is 0 Å². The molecule has 0 bridgehead atoms. The molecule has 76 valence electrons. The Balaban J connectivity index is 1.80. The van der Waals surface area contributed by atoms with E-state index in [-0.39, 0.29) is 0 Å². The van der Waals surface area contributed by atoms with Gasteiger partial charge in [0.2, 0.25) is 0 Å². The van der Waals surface area contributed by atoms with Gasteiger partial charge in [-0.3, -0.25) is 4.90 Å². The summed E-state index contributed by atoms with van der Waals surface area (Å²) in [5.41, 5.74) is 0.